The van der Waals surface area contributed by atoms with E-state index in [1.807, 2.05) is 0 Å². The second-order valence-corrected chi connectivity index (χ2v) is 6.00. The van der Waals surface area contributed by atoms with Gasteiger partial charge in [-0.15, -0.1) is 0 Å². The molecule has 6 nitrogen and oxygen atoms in total. The van der Waals surface area contributed by atoms with Crippen molar-refractivity contribution in [2.45, 2.75) is 26.0 Å². The molecule has 0 aliphatic heterocycles. The Morgan fingerprint density at radius 3 is 2.62 bits per heavy atom. The van der Waals surface area contributed by atoms with E-state index in [1.54, 1.807) is 43.5 Å². The first kappa shape index (κ1) is 17.6. The largest absolute Gasteiger partial charge is 0.449 e. The molecule has 7 heteroatoms. The zero-order chi connectivity index (χ0) is 18.7. The molecule has 3 aromatic rings. The molecule has 2 atom stereocenters. The number of amides is 1. The van der Waals surface area contributed by atoms with E-state index < -0.39 is 18.0 Å². The van der Waals surface area contributed by atoms with Crippen LogP contribution in [0.2, 0.25) is 0 Å². The van der Waals surface area contributed by atoms with Gasteiger partial charge >= 0.3 is 5.97 Å². The van der Waals surface area contributed by atoms with Crippen LogP contribution in [0.5, 0.6) is 0 Å². The van der Waals surface area contributed by atoms with Crippen molar-refractivity contribution in [1.29, 1.82) is 0 Å². The van der Waals surface area contributed by atoms with Gasteiger partial charge in [0.15, 0.2) is 6.10 Å². The van der Waals surface area contributed by atoms with E-state index in [0.717, 1.165) is 10.9 Å². The number of hydrogen-bond donors (Lipinski definition) is 2. The topological polar surface area (TPSA) is 84.1 Å². The number of esters is 1. The van der Waals surface area contributed by atoms with Gasteiger partial charge in [0.2, 0.25) is 0 Å². The van der Waals surface area contributed by atoms with Gasteiger partial charge < -0.3 is 10.1 Å². The van der Waals surface area contributed by atoms with Crippen LogP contribution in [0.3, 0.4) is 0 Å². The summed E-state index contributed by atoms with van der Waals surface area (Å²) in [6.45, 7) is 3.27. The number of hydrogen-bond acceptors (Lipinski definition) is 4. The first-order chi connectivity index (χ1) is 12.4. The molecule has 1 heterocycles. The summed E-state index contributed by atoms with van der Waals surface area (Å²) in [5.41, 5.74) is 1.79. The van der Waals surface area contributed by atoms with Gasteiger partial charge in [0, 0.05) is 5.39 Å². The van der Waals surface area contributed by atoms with Crippen molar-refractivity contribution in [2.24, 2.45) is 0 Å². The minimum atomic E-state index is -0.970. The van der Waals surface area contributed by atoms with Crippen molar-refractivity contribution in [3.8, 4) is 0 Å². The molecule has 0 spiro atoms. The number of rotatable bonds is 5. The monoisotopic (exact) mass is 355 g/mol. The molecular formula is C19H18FN3O3. The maximum Gasteiger partial charge on any atom is 0.338 e. The van der Waals surface area contributed by atoms with Crippen molar-refractivity contribution in [2.75, 3.05) is 0 Å². The third-order valence-electron chi connectivity index (χ3n) is 4.06. The van der Waals surface area contributed by atoms with Crippen LogP contribution in [0.25, 0.3) is 10.9 Å². The minimum Gasteiger partial charge on any atom is -0.449 e. The molecule has 0 unspecified atom stereocenters. The second kappa shape index (κ2) is 7.35. The molecule has 0 aliphatic carbocycles. The Hall–Kier alpha value is -3.22. The molecule has 2 aromatic carbocycles. The summed E-state index contributed by atoms with van der Waals surface area (Å²) in [5, 5.41) is 10.3. The van der Waals surface area contributed by atoms with Crippen LogP contribution in [-0.2, 0) is 9.53 Å². The van der Waals surface area contributed by atoms with Crippen LogP contribution in [-0.4, -0.2) is 28.2 Å². The molecule has 2 N–H and O–H groups in total. The zero-order valence-electron chi connectivity index (χ0n) is 14.3. The van der Waals surface area contributed by atoms with Crippen molar-refractivity contribution < 1.29 is 18.7 Å². The number of benzene rings is 2. The summed E-state index contributed by atoms with van der Waals surface area (Å²) in [5.74, 6) is -1.37. The smallest absolute Gasteiger partial charge is 0.338 e. The summed E-state index contributed by atoms with van der Waals surface area (Å²) >= 11 is 0. The van der Waals surface area contributed by atoms with E-state index >= 15 is 0 Å². The average molecular weight is 355 g/mol. The maximum absolute atomic E-state index is 13.0. The lowest BCUT2D eigenvalue weighted by atomic mass is 10.1. The Labute approximate surface area is 149 Å². The van der Waals surface area contributed by atoms with E-state index in [9.17, 15) is 14.0 Å². The number of nitrogens with zero attached hydrogens (tertiary/aromatic N) is 1. The predicted molar refractivity (Wildman–Crippen MR) is 93.9 cm³/mol. The number of H-pyrrole nitrogens is 1. The first-order valence-corrected chi connectivity index (χ1v) is 8.14. The van der Waals surface area contributed by atoms with Gasteiger partial charge in [0.1, 0.15) is 5.82 Å². The molecule has 3 rings (SSSR count). The fourth-order valence-electron chi connectivity index (χ4n) is 2.51. The molecule has 26 heavy (non-hydrogen) atoms. The van der Waals surface area contributed by atoms with E-state index in [1.165, 1.54) is 19.1 Å². The van der Waals surface area contributed by atoms with Gasteiger partial charge in [-0.2, -0.15) is 5.10 Å². The summed E-state index contributed by atoms with van der Waals surface area (Å²) in [6.07, 6.45) is 0.681. The van der Waals surface area contributed by atoms with Crippen molar-refractivity contribution in [3.63, 3.8) is 0 Å². The fourth-order valence-corrected chi connectivity index (χ4v) is 2.51. The number of halogens is 1. The summed E-state index contributed by atoms with van der Waals surface area (Å²) < 4.78 is 18.2. The third kappa shape index (κ3) is 3.88. The number of carbonyl (C=O) groups excluding carboxylic acids is 2. The molecule has 134 valence electrons. The lowest BCUT2D eigenvalue weighted by Crippen LogP contribution is -2.37. The quantitative estimate of drug-likeness (QED) is 0.689. The van der Waals surface area contributed by atoms with Crippen LogP contribution in [0.4, 0.5) is 4.39 Å². The number of nitrogens with one attached hydrogen (secondary N) is 2. The molecule has 0 saturated carbocycles. The lowest BCUT2D eigenvalue weighted by molar-refractivity contribution is -0.129. The maximum atomic E-state index is 13.0. The van der Waals surface area contributed by atoms with Crippen molar-refractivity contribution >= 4 is 22.8 Å². The van der Waals surface area contributed by atoms with Crippen molar-refractivity contribution in [3.05, 3.63) is 65.6 Å². The highest BCUT2D eigenvalue weighted by atomic mass is 19.1. The average Bonchev–Trinajstić information content (AvgIpc) is 3.09. The normalized spacial score (nSPS) is 13.2. The van der Waals surface area contributed by atoms with E-state index in [-0.39, 0.29) is 11.9 Å². The summed E-state index contributed by atoms with van der Waals surface area (Å²) in [6, 6.07) is 10.5. The number of ether oxygens (including phenoxy) is 1. The van der Waals surface area contributed by atoms with Crippen LogP contribution in [0, 0.1) is 5.82 Å². The molecule has 0 saturated heterocycles. The number of aromatic amines is 1. The van der Waals surface area contributed by atoms with E-state index in [4.69, 9.17) is 4.74 Å². The van der Waals surface area contributed by atoms with Crippen LogP contribution >= 0.6 is 0 Å². The Balaban J connectivity index is 1.60. The minimum absolute atomic E-state index is 0.327. The molecule has 0 bridgehead atoms. The standard InChI is InChI=1S/C19H18FN3O3/c1-11(13-5-7-16(20)8-6-13)22-18(24)12(2)26-19(25)14-3-4-15-10-21-23-17(15)9-14/h3-12H,1-2H3,(H,21,23)(H,22,24)/t11-,12-/m0/s1. The van der Waals surface area contributed by atoms with Crippen molar-refractivity contribution in [1.82, 2.24) is 15.5 Å². The molecule has 1 aromatic heterocycles. The van der Waals surface area contributed by atoms with Gasteiger partial charge in [-0.25, -0.2) is 9.18 Å². The van der Waals surface area contributed by atoms with Gasteiger partial charge in [-0.1, -0.05) is 18.2 Å². The fraction of sp³-hybridized carbons (Fsp3) is 0.211. The van der Waals surface area contributed by atoms with Gasteiger partial charge in [0.25, 0.3) is 5.91 Å². The number of fused-ring (bicyclic) bond motifs is 1. The van der Waals surface area contributed by atoms with Crippen LogP contribution in [0.15, 0.2) is 48.7 Å². The molecule has 1 amide bonds. The zero-order valence-corrected chi connectivity index (χ0v) is 14.3. The Bertz CT molecular complexity index is 937. The SMILES string of the molecule is C[C@H](OC(=O)c1ccc2cn[nH]c2c1)C(=O)N[C@@H](C)c1ccc(F)cc1. The Morgan fingerprint density at radius 1 is 1.15 bits per heavy atom. The van der Waals surface area contributed by atoms with Crippen LogP contribution in [0.1, 0.15) is 35.8 Å². The van der Waals surface area contributed by atoms with E-state index in [0.29, 0.717) is 11.1 Å². The number of aromatic nitrogens is 2. The highest BCUT2D eigenvalue weighted by molar-refractivity contribution is 5.95. The van der Waals surface area contributed by atoms with Gasteiger partial charge in [-0.05, 0) is 43.7 Å². The molecule has 0 aliphatic rings. The first-order valence-electron chi connectivity index (χ1n) is 8.14. The predicted octanol–water partition coefficient (Wildman–Crippen LogP) is 3.12. The molecular weight excluding hydrogens is 337 g/mol. The molecule has 0 fully saturated rings. The Morgan fingerprint density at radius 2 is 1.88 bits per heavy atom. The van der Waals surface area contributed by atoms with Crippen LogP contribution < -0.4 is 5.32 Å². The summed E-state index contributed by atoms with van der Waals surface area (Å²) in [4.78, 5) is 24.5. The third-order valence-corrected chi connectivity index (χ3v) is 4.06. The summed E-state index contributed by atoms with van der Waals surface area (Å²) in [7, 11) is 0. The van der Waals surface area contributed by atoms with Gasteiger partial charge in [-0.3, -0.25) is 9.89 Å². The molecule has 0 radical (unpaired) electrons. The second-order valence-electron chi connectivity index (χ2n) is 6.00. The van der Waals surface area contributed by atoms with E-state index in [2.05, 4.69) is 15.5 Å². The number of carbonyl (C=O) groups is 2. The lowest BCUT2D eigenvalue weighted by Gasteiger charge is -2.18. The van der Waals surface area contributed by atoms with Gasteiger partial charge in [0.05, 0.1) is 23.3 Å². The highest BCUT2D eigenvalue weighted by Crippen LogP contribution is 2.15. The highest BCUT2D eigenvalue weighted by Gasteiger charge is 2.21. The Kier molecular flexibility index (Phi) is 4.97.